The van der Waals surface area contributed by atoms with Crippen LogP contribution in [0.3, 0.4) is 0 Å². The van der Waals surface area contributed by atoms with Gasteiger partial charge in [-0.3, -0.25) is 4.79 Å². The Morgan fingerprint density at radius 3 is 2.32 bits per heavy atom. The van der Waals surface area contributed by atoms with Gasteiger partial charge in [0.25, 0.3) is 0 Å². The highest BCUT2D eigenvalue weighted by atomic mass is 32.2. The quantitative estimate of drug-likeness (QED) is 0.349. The number of carbonyl (C=O) groups excluding carboxylic acids is 1. The van der Waals surface area contributed by atoms with E-state index in [1.54, 1.807) is 29.4 Å². The van der Waals surface area contributed by atoms with Crippen LogP contribution >= 0.6 is 0 Å². The average molecular weight is 475 g/mol. The van der Waals surface area contributed by atoms with Gasteiger partial charge < -0.3 is 9.32 Å². The smallest absolute Gasteiger partial charge is 0.244 e. The molecule has 0 unspecified atom stereocenters. The maximum absolute atomic E-state index is 13.8. The van der Waals surface area contributed by atoms with Crippen molar-refractivity contribution < 1.29 is 17.6 Å². The number of fused-ring (bicyclic) bond motifs is 1. The molecule has 1 saturated carbocycles. The van der Waals surface area contributed by atoms with Gasteiger partial charge in [-0.25, -0.2) is 8.42 Å². The topological polar surface area (TPSA) is 70.8 Å². The molecular formula is C27H26N2O4S. The fourth-order valence-corrected chi connectivity index (χ4v) is 6.03. The van der Waals surface area contributed by atoms with Crippen molar-refractivity contribution in [3.05, 3.63) is 103 Å². The van der Waals surface area contributed by atoms with Crippen molar-refractivity contribution in [2.24, 2.45) is 0 Å². The maximum atomic E-state index is 13.8. The van der Waals surface area contributed by atoms with Crippen LogP contribution in [-0.2, 0) is 27.9 Å². The van der Waals surface area contributed by atoms with Crippen LogP contribution in [0.15, 0.2) is 101 Å². The predicted molar refractivity (Wildman–Crippen MR) is 130 cm³/mol. The standard InChI is InChI=1S/C27H26N2O4S/c30-27(28(19-24-12-7-17-33-24)18-21-8-2-1-3-9-21)20-29(23-15-16-23)34(31,32)26-14-6-11-22-10-4-5-13-25(22)26/h1-14,17,23H,15-16,18-20H2. The normalized spacial score (nSPS) is 13.9. The minimum atomic E-state index is -3.87. The van der Waals surface area contributed by atoms with Gasteiger partial charge in [0.15, 0.2) is 0 Å². The summed E-state index contributed by atoms with van der Waals surface area (Å²) in [6, 6.07) is 25.8. The number of hydrogen-bond acceptors (Lipinski definition) is 4. The van der Waals surface area contributed by atoms with Crippen LogP contribution in [0.4, 0.5) is 0 Å². The molecule has 3 aromatic carbocycles. The van der Waals surface area contributed by atoms with E-state index >= 15 is 0 Å². The van der Waals surface area contributed by atoms with E-state index in [1.165, 1.54) is 4.31 Å². The van der Waals surface area contributed by atoms with Crippen LogP contribution in [0.1, 0.15) is 24.2 Å². The number of nitrogens with zero attached hydrogens (tertiary/aromatic N) is 2. The van der Waals surface area contributed by atoms with E-state index in [0.29, 0.717) is 17.7 Å². The first-order chi connectivity index (χ1) is 16.5. The lowest BCUT2D eigenvalue weighted by atomic mass is 10.1. The van der Waals surface area contributed by atoms with Gasteiger partial charge in [-0.05, 0) is 42.0 Å². The largest absolute Gasteiger partial charge is 0.467 e. The third-order valence-corrected chi connectivity index (χ3v) is 8.03. The van der Waals surface area contributed by atoms with E-state index in [0.717, 1.165) is 23.8 Å². The molecule has 0 N–H and O–H groups in total. The van der Waals surface area contributed by atoms with Crippen LogP contribution in [0.2, 0.25) is 0 Å². The molecular weight excluding hydrogens is 448 g/mol. The summed E-state index contributed by atoms with van der Waals surface area (Å²) in [5, 5.41) is 1.52. The monoisotopic (exact) mass is 474 g/mol. The van der Waals surface area contributed by atoms with Gasteiger partial charge in [-0.1, -0.05) is 66.7 Å². The zero-order chi connectivity index (χ0) is 23.5. The van der Waals surface area contributed by atoms with E-state index in [1.807, 2.05) is 66.7 Å². The first-order valence-corrected chi connectivity index (χ1v) is 12.8. The van der Waals surface area contributed by atoms with E-state index in [2.05, 4.69) is 0 Å². The molecule has 0 bridgehead atoms. The maximum Gasteiger partial charge on any atom is 0.244 e. The van der Waals surface area contributed by atoms with E-state index < -0.39 is 10.0 Å². The van der Waals surface area contributed by atoms with Crippen LogP contribution < -0.4 is 0 Å². The second-order valence-corrected chi connectivity index (χ2v) is 10.4. The van der Waals surface area contributed by atoms with Crippen molar-refractivity contribution in [3.63, 3.8) is 0 Å². The van der Waals surface area contributed by atoms with Gasteiger partial charge in [0.1, 0.15) is 5.76 Å². The van der Waals surface area contributed by atoms with Gasteiger partial charge in [-0.15, -0.1) is 0 Å². The summed E-state index contributed by atoms with van der Waals surface area (Å²) < 4.78 is 34.5. The summed E-state index contributed by atoms with van der Waals surface area (Å²) in [5.74, 6) is 0.398. The Balaban J connectivity index is 1.44. The Kier molecular flexibility index (Phi) is 6.22. The minimum absolute atomic E-state index is 0.157. The predicted octanol–water partition coefficient (Wildman–Crippen LogP) is 4.81. The molecule has 0 spiro atoms. The molecule has 0 aliphatic heterocycles. The van der Waals surface area contributed by atoms with Gasteiger partial charge in [0.05, 0.1) is 24.2 Å². The summed E-state index contributed by atoms with van der Waals surface area (Å²) in [6.45, 7) is 0.435. The Hall–Kier alpha value is -3.42. The van der Waals surface area contributed by atoms with Crippen molar-refractivity contribution in [3.8, 4) is 0 Å². The summed E-state index contributed by atoms with van der Waals surface area (Å²) in [7, 11) is -3.87. The average Bonchev–Trinajstić information content (AvgIpc) is 3.56. The number of benzene rings is 3. The summed E-state index contributed by atoms with van der Waals surface area (Å²) in [6.07, 6.45) is 3.09. The first kappa shape index (κ1) is 22.4. The molecule has 1 amide bonds. The van der Waals surface area contributed by atoms with Crippen LogP contribution in [0.5, 0.6) is 0 Å². The number of carbonyl (C=O) groups is 1. The Labute approximate surface area is 199 Å². The van der Waals surface area contributed by atoms with Crippen molar-refractivity contribution in [2.45, 2.75) is 36.9 Å². The molecule has 1 heterocycles. The number of hydrogen-bond donors (Lipinski definition) is 0. The third-order valence-electron chi connectivity index (χ3n) is 6.08. The molecule has 174 valence electrons. The number of furan rings is 1. The van der Waals surface area contributed by atoms with Gasteiger partial charge in [-0.2, -0.15) is 4.31 Å². The molecule has 1 aromatic heterocycles. The Morgan fingerprint density at radius 1 is 0.853 bits per heavy atom. The third kappa shape index (κ3) is 4.76. The molecule has 34 heavy (non-hydrogen) atoms. The zero-order valence-corrected chi connectivity index (χ0v) is 19.5. The highest BCUT2D eigenvalue weighted by molar-refractivity contribution is 7.89. The molecule has 7 heteroatoms. The molecule has 0 atom stereocenters. The SMILES string of the molecule is O=C(CN(C1CC1)S(=O)(=O)c1cccc2ccccc12)N(Cc1ccccc1)Cc1ccco1. The molecule has 1 aliphatic rings. The van der Waals surface area contributed by atoms with E-state index in [9.17, 15) is 13.2 Å². The molecule has 1 fully saturated rings. The van der Waals surface area contributed by atoms with E-state index in [-0.39, 0.29) is 29.9 Å². The number of amides is 1. The lowest BCUT2D eigenvalue weighted by Gasteiger charge is -2.27. The lowest BCUT2D eigenvalue weighted by molar-refractivity contribution is -0.133. The van der Waals surface area contributed by atoms with Crippen molar-refractivity contribution in [2.75, 3.05) is 6.54 Å². The minimum Gasteiger partial charge on any atom is -0.467 e. The van der Waals surface area contributed by atoms with Crippen LogP contribution in [-0.4, -0.2) is 36.1 Å². The fourth-order valence-electron chi connectivity index (χ4n) is 4.18. The van der Waals surface area contributed by atoms with Gasteiger partial charge in [0, 0.05) is 18.0 Å². The molecule has 4 aromatic rings. The van der Waals surface area contributed by atoms with Crippen LogP contribution in [0, 0.1) is 0 Å². The van der Waals surface area contributed by atoms with Crippen molar-refractivity contribution in [1.82, 2.24) is 9.21 Å². The van der Waals surface area contributed by atoms with E-state index in [4.69, 9.17) is 4.42 Å². The number of rotatable bonds is 9. The van der Waals surface area contributed by atoms with Gasteiger partial charge >= 0.3 is 0 Å². The van der Waals surface area contributed by atoms with Crippen molar-refractivity contribution in [1.29, 1.82) is 0 Å². The zero-order valence-electron chi connectivity index (χ0n) is 18.7. The fraction of sp³-hybridized carbons (Fsp3) is 0.222. The molecule has 0 saturated heterocycles. The molecule has 0 radical (unpaired) electrons. The molecule has 5 rings (SSSR count). The summed E-state index contributed by atoms with van der Waals surface area (Å²) >= 11 is 0. The Bertz CT molecular complexity index is 1380. The van der Waals surface area contributed by atoms with Crippen molar-refractivity contribution >= 4 is 26.7 Å². The highest BCUT2D eigenvalue weighted by Crippen LogP contribution is 2.34. The molecule has 6 nitrogen and oxygen atoms in total. The highest BCUT2D eigenvalue weighted by Gasteiger charge is 2.40. The number of sulfonamides is 1. The van der Waals surface area contributed by atoms with Crippen LogP contribution in [0.25, 0.3) is 10.8 Å². The second kappa shape index (κ2) is 9.44. The summed E-state index contributed by atoms with van der Waals surface area (Å²) in [4.78, 5) is 15.4. The first-order valence-electron chi connectivity index (χ1n) is 11.4. The summed E-state index contributed by atoms with van der Waals surface area (Å²) in [5.41, 5.74) is 0.970. The molecule has 1 aliphatic carbocycles. The van der Waals surface area contributed by atoms with Gasteiger partial charge in [0.2, 0.25) is 15.9 Å². The lowest BCUT2D eigenvalue weighted by Crippen LogP contribution is -2.43. The second-order valence-electron chi connectivity index (χ2n) is 8.57. The Morgan fingerprint density at radius 2 is 1.59 bits per heavy atom.